The van der Waals surface area contributed by atoms with Crippen molar-refractivity contribution in [2.75, 3.05) is 0 Å². The van der Waals surface area contributed by atoms with Crippen LogP contribution in [0.5, 0.6) is 0 Å². The molecular formula is C10H13N3O. The second-order valence-electron chi connectivity index (χ2n) is 2.88. The van der Waals surface area contributed by atoms with E-state index < -0.39 is 0 Å². The summed E-state index contributed by atoms with van der Waals surface area (Å²) in [6.45, 7) is 7.33. The highest BCUT2D eigenvalue weighted by Gasteiger charge is 1.99. The third-order valence-electron chi connectivity index (χ3n) is 1.79. The molecule has 4 heteroatoms. The van der Waals surface area contributed by atoms with E-state index in [1.165, 1.54) is 0 Å². The number of aryl methyl sites for hydroxylation is 1. The Labute approximate surface area is 82.4 Å². The van der Waals surface area contributed by atoms with Crippen LogP contribution >= 0.6 is 0 Å². The standard InChI is InChI=1S/C10H13N3O/c1-4-7(3)11-9-6-8(5-2)12-13-10(9)14/h4,6H,1,5H2,2-3H3,(H,13,14). The fourth-order valence-corrected chi connectivity index (χ4v) is 0.935. The van der Waals surface area contributed by atoms with Gasteiger partial charge in [-0.25, -0.2) is 10.1 Å². The highest BCUT2D eigenvalue weighted by molar-refractivity contribution is 5.94. The van der Waals surface area contributed by atoms with Gasteiger partial charge in [-0.15, -0.1) is 0 Å². The van der Waals surface area contributed by atoms with Crippen LogP contribution in [0.4, 0.5) is 5.69 Å². The van der Waals surface area contributed by atoms with Gasteiger partial charge >= 0.3 is 0 Å². The van der Waals surface area contributed by atoms with Crippen molar-refractivity contribution in [1.82, 2.24) is 10.2 Å². The second-order valence-corrected chi connectivity index (χ2v) is 2.88. The molecule has 0 bridgehead atoms. The normalized spacial score (nSPS) is 11.4. The average Bonchev–Trinajstić information content (AvgIpc) is 2.21. The lowest BCUT2D eigenvalue weighted by Gasteiger charge is -1.97. The largest absolute Gasteiger partial charge is 0.290 e. The molecule has 0 spiro atoms. The van der Waals surface area contributed by atoms with Gasteiger partial charge < -0.3 is 0 Å². The summed E-state index contributed by atoms with van der Waals surface area (Å²) < 4.78 is 0. The van der Waals surface area contributed by atoms with Crippen molar-refractivity contribution >= 4 is 11.4 Å². The quantitative estimate of drug-likeness (QED) is 0.738. The zero-order valence-electron chi connectivity index (χ0n) is 8.37. The van der Waals surface area contributed by atoms with Gasteiger partial charge in [0, 0.05) is 5.71 Å². The maximum atomic E-state index is 11.3. The average molecular weight is 191 g/mol. The molecule has 0 aliphatic rings. The predicted octanol–water partition coefficient (Wildman–Crippen LogP) is 1.61. The van der Waals surface area contributed by atoms with Gasteiger partial charge in [0.25, 0.3) is 5.56 Å². The Morgan fingerprint density at radius 3 is 3.07 bits per heavy atom. The topological polar surface area (TPSA) is 58.1 Å². The number of aromatic nitrogens is 2. The first-order chi connectivity index (χ1) is 6.67. The molecule has 0 aromatic carbocycles. The van der Waals surface area contributed by atoms with Crippen molar-refractivity contribution in [2.45, 2.75) is 20.3 Å². The fraction of sp³-hybridized carbons (Fsp3) is 0.300. The van der Waals surface area contributed by atoms with E-state index in [1.807, 2.05) is 6.92 Å². The van der Waals surface area contributed by atoms with E-state index in [-0.39, 0.29) is 5.56 Å². The smallest absolute Gasteiger partial charge is 0.266 e. The lowest BCUT2D eigenvalue weighted by atomic mass is 10.3. The Morgan fingerprint density at radius 2 is 2.50 bits per heavy atom. The van der Waals surface area contributed by atoms with E-state index in [9.17, 15) is 4.79 Å². The zero-order valence-corrected chi connectivity index (χ0v) is 8.37. The van der Waals surface area contributed by atoms with Crippen LogP contribution in [0.3, 0.4) is 0 Å². The molecule has 1 aromatic rings. The van der Waals surface area contributed by atoms with Gasteiger partial charge in [0.15, 0.2) is 0 Å². The zero-order chi connectivity index (χ0) is 10.6. The minimum atomic E-state index is -0.275. The van der Waals surface area contributed by atoms with E-state index >= 15 is 0 Å². The van der Waals surface area contributed by atoms with Crippen molar-refractivity contribution in [1.29, 1.82) is 0 Å². The number of rotatable bonds is 3. The van der Waals surface area contributed by atoms with Gasteiger partial charge in [-0.2, -0.15) is 5.10 Å². The summed E-state index contributed by atoms with van der Waals surface area (Å²) in [5, 5.41) is 6.26. The van der Waals surface area contributed by atoms with E-state index in [2.05, 4.69) is 21.8 Å². The van der Waals surface area contributed by atoms with E-state index in [4.69, 9.17) is 0 Å². The van der Waals surface area contributed by atoms with Crippen molar-refractivity contribution in [3.63, 3.8) is 0 Å². The Balaban J connectivity index is 3.19. The molecule has 1 heterocycles. The van der Waals surface area contributed by atoms with Crippen molar-refractivity contribution in [3.05, 3.63) is 34.8 Å². The van der Waals surface area contributed by atoms with Gasteiger partial charge in [-0.1, -0.05) is 13.5 Å². The monoisotopic (exact) mass is 191 g/mol. The molecule has 1 aromatic heterocycles. The summed E-state index contributed by atoms with van der Waals surface area (Å²) in [5.74, 6) is 0. The van der Waals surface area contributed by atoms with E-state index in [0.717, 1.165) is 12.1 Å². The fourth-order valence-electron chi connectivity index (χ4n) is 0.935. The minimum absolute atomic E-state index is 0.275. The molecule has 0 fully saturated rings. The van der Waals surface area contributed by atoms with E-state index in [0.29, 0.717) is 11.4 Å². The molecule has 0 unspecified atom stereocenters. The molecule has 0 radical (unpaired) electrons. The Kier molecular flexibility index (Phi) is 3.34. The molecule has 1 rings (SSSR count). The molecule has 0 atom stereocenters. The summed E-state index contributed by atoms with van der Waals surface area (Å²) in [6.07, 6.45) is 2.37. The second kappa shape index (κ2) is 4.50. The first-order valence-corrected chi connectivity index (χ1v) is 4.43. The van der Waals surface area contributed by atoms with Crippen LogP contribution < -0.4 is 5.56 Å². The van der Waals surface area contributed by atoms with Gasteiger partial charge in [0.2, 0.25) is 0 Å². The van der Waals surface area contributed by atoms with Crippen LogP contribution in [0.25, 0.3) is 0 Å². The van der Waals surface area contributed by atoms with Gasteiger partial charge in [0.1, 0.15) is 5.69 Å². The number of nitrogens with one attached hydrogen (secondary N) is 1. The molecule has 74 valence electrons. The number of nitrogens with zero attached hydrogens (tertiary/aromatic N) is 2. The molecular weight excluding hydrogens is 178 g/mol. The first kappa shape index (κ1) is 10.4. The van der Waals surface area contributed by atoms with Crippen LogP contribution in [0.1, 0.15) is 19.5 Å². The van der Waals surface area contributed by atoms with Crippen LogP contribution in [-0.4, -0.2) is 15.9 Å². The van der Waals surface area contributed by atoms with Gasteiger partial charge in [-0.05, 0) is 25.5 Å². The molecule has 0 saturated heterocycles. The highest BCUT2D eigenvalue weighted by Crippen LogP contribution is 2.06. The molecule has 14 heavy (non-hydrogen) atoms. The van der Waals surface area contributed by atoms with Crippen LogP contribution in [0, 0.1) is 0 Å². The molecule has 0 amide bonds. The van der Waals surface area contributed by atoms with Crippen molar-refractivity contribution in [2.24, 2.45) is 4.99 Å². The maximum Gasteiger partial charge on any atom is 0.290 e. The summed E-state index contributed by atoms with van der Waals surface area (Å²) in [6, 6.07) is 1.69. The van der Waals surface area contributed by atoms with Gasteiger partial charge in [-0.3, -0.25) is 4.79 Å². The first-order valence-electron chi connectivity index (χ1n) is 4.43. The van der Waals surface area contributed by atoms with Gasteiger partial charge in [0.05, 0.1) is 5.69 Å². The third-order valence-corrected chi connectivity index (χ3v) is 1.79. The van der Waals surface area contributed by atoms with Crippen LogP contribution in [0.15, 0.2) is 28.5 Å². The predicted molar refractivity (Wildman–Crippen MR) is 57.2 cm³/mol. The lowest BCUT2D eigenvalue weighted by molar-refractivity contribution is 0.895. The lowest BCUT2D eigenvalue weighted by Crippen LogP contribution is -2.09. The number of aromatic amines is 1. The molecule has 0 aliphatic heterocycles. The van der Waals surface area contributed by atoms with Crippen LogP contribution in [0.2, 0.25) is 0 Å². The summed E-state index contributed by atoms with van der Waals surface area (Å²) in [7, 11) is 0. The Hall–Kier alpha value is -1.71. The Morgan fingerprint density at radius 1 is 1.79 bits per heavy atom. The number of hydrogen-bond acceptors (Lipinski definition) is 3. The molecule has 4 nitrogen and oxygen atoms in total. The number of H-pyrrole nitrogens is 1. The number of hydrogen-bond donors (Lipinski definition) is 1. The molecule has 1 N–H and O–H groups in total. The molecule has 0 saturated carbocycles. The summed E-state index contributed by atoms with van der Waals surface area (Å²) in [5.41, 5.74) is 1.64. The number of aliphatic imine (C=N–C) groups is 1. The van der Waals surface area contributed by atoms with Crippen LogP contribution in [-0.2, 0) is 6.42 Å². The van der Waals surface area contributed by atoms with E-state index in [1.54, 1.807) is 19.1 Å². The highest BCUT2D eigenvalue weighted by atomic mass is 16.1. The van der Waals surface area contributed by atoms with Crippen molar-refractivity contribution in [3.8, 4) is 0 Å². The molecule has 0 aliphatic carbocycles. The number of allylic oxidation sites excluding steroid dienone is 1. The summed E-state index contributed by atoms with van der Waals surface area (Å²) >= 11 is 0. The maximum absolute atomic E-state index is 11.3. The third kappa shape index (κ3) is 2.39. The van der Waals surface area contributed by atoms with Crippen molar-refractivity contribution < 1.29 is 0 Å². The Bertz CT molecular complexity index is 418. The SMILES string of the molecule is C=CC(C)=Nc1cc(CC)n[nH]c1=O. The summed E-state index contributed by atoms with van der Waals surface area (Å²) in [4.78, 5) is 15.4. The minimum Gasteiger partial charge on any atom is -0.266 e.